The average Bonchev–Trinajstić information content (AvgIpc) is 2.92. The number of benzene rings is 1. The predicted molar refractivity (Wildman–Crippen MR) is 133 cm³/mol. The third kappa shape index (κ3) is 9.14. The molecule has 9 nitrogen and oxygen atoms in total. The first-order valence-corrected chi connectivity index (χ1v) is 13.0. The van der Waals surface area contributed by atoms with Crippen LogP contribution in [0, 0.1) is 5.92 Å². The first kappa shape index (κ1) is 28.6. The van der Waals surface area contributed by atoms with Crippen molar-refractivity contribution in [2.45, 2.75) is 32.0 Å². The van der Waals surface area contributed by atoms with E-state index in [0.717, 1.165) is 5.56 Å². The zero-order valence-electron chi connectivity index (χ0n) is 21.3. The van der Waals surface area contributed by atoms with E-state index in [0.29, 0.717) is 85.4 Å². The molecule has 0 aromatic heterocycles. The minimum atomic E-state index is -0.582. The van der Waals surface area contributed by atoms with Crippen LogP contribution < -0.4 is 0 Å². The monoisotopic (exact) mass is 507 g/mol. The van der Waals surface area contributed by atoms with Crippen LogP contribution in [0.15, 0.2) is 42.2 Å². The molecule has 1 fully saturated rings. The van der Waals surface area contributed by atoms with E-state index in [1.54, 1.807) is 4.90 Å². The van der Waals surface area contributed by atoms with E-state index in [1.165, 1.54) is 0 Å². The lowest BCUT2D eigenvalue weighted by Gasteiger charge is -2.38. The Labute approximate surface area is 214 Å². The van der Waals surface area contributed by atoms with Crippen LogP contribution in [0.3, 0.4) is 0 Å². The van der Waals surface area contributed by atoms with E-state index < -0.39 is 6.29 Å². The second-order valence-corrected chi connectivity index (χ2v) is 8.68. The van der Waals surface area contributed by atoms with Gasteiger partial charge in [0.1, 0.15) is 0 Å². The van der Waals surface area contributed by atoms with Crippen molar-refractivity contribution >= 4 is 5.91 Å². The minimum absolute atomic E-state index is 0.0226. The number of carbonyl (C=O) groups is 1. The quantitative estimate of drug-likeness (QED) is 0.601. The van der Waals surface area contributed by atoms with E-state index in [-0.39, 0.29) is 30.1 Å². The Kier molecular flexibility index (Phi) is 13.2. The molecular formula is C27H41NO8. The number of hydrogen-bond donors (Lipinski definition) is 1. The lowest BCUT2D eigenvalue weighted by atomic mass is 9.80. The van der Waals surface area contributed by atoms with Gasteiger partial charge in [0.15, 0.2) is 5.76 Å². The Morgan fingerprint density at radius 3 is 2.08 bits per heavy atom. The zero-order chi connectivity index (χ0) is 25.4. The lowest BCUT2D eigenvalue weighted by Crippen LogP contribution is -2.42. The molecule has 3 atom stereocenters. The average molecular weight is 508 g/mol. The van der Waals surface area contributed by atoms with Gasteiger partial charge in [-0.3, -0.25) is 4.79 Å². The molecule has 2 aliphatic rings. The van der Waals surface area contributed by atoms with Crippen LogP contribution in [0.1, 0.15) is 31.2 Å². The number of carbonyl (C=O) groups excluding carboxylic acids is 1. The number of amides is 1. The van der Waals surface area contributed by atoms with Gasteiger partial charge in [-0.2, -0.15) is 0 Å². The fourth-order valence-electron chi connectivity index (χ4n) is 4.39. The van der Waals surface area contributed by atoms with E-state index >= 15 is 0 Å². The third-order valence-electron chi connectivity index (χ3n) is 6.22. The van der Waals surface area contributed by atoms with Crippen LogP contribution in [-0.2, 0) is 33.2 Å². The second kappa shape index (κ2) is 16.7. The molecule has 202 valence electrons. The second-order valence-electron chi connectivity index (χ2n) is 8.68. The van der Waals surface area contributed by atoms with Crippen LogP contribution in [0.4, 0.5) is 0 Å². The van der Waals surface area contributed by atoms with Crippen molar-refractivity contribution in [2.75, 3.05) is 79.2 Å². The Morgan fingerprint density at radius 1 is 0.944 bits per heavy atom. The number of nitrogens with zero attached hydrogens (tertiary/aromatic N) is 1. The molecule has 1 aromatic carbocycles. The van der Waals surface area contributed by atoms with Crippen molar-refractivity contribution in [1.82, 2.24) is 4.90 Å². The molecule has 0 bridgehead atoms. The number of aliphatic hydroxyl groups excluding tert-OH is 1. The van der Waals surface area contributed by atoms with E-state index in [4.69, 9.17) is 28.4 Å². The Hall–Kier alpha value is -2.01. The van der Waals surface area contributed by atoms with Gasteiger partial charge in [-0.15, -0.1) is 0 Å². The van der Waals surface area contributed by atoms with E-state index in [9.17, 15) is 9.90 Å². The highest BCUT2D eigenvalue weighted by Gasteiger charge is 2.38. The lowest BCUT2D eigenvalue weighted by molar-refractivity contribution is -0.170. The van der Waals surface area contributed by atoms with Crippen molar-refractivity contribution < 1.29 is 38.3 Å². The predicted octanol–water partition coefficient (Wildman–Crippen LogP) is 2.34. The van der Waals surface area contributed by atoms with Gasteiger partial charge in [-0.25, -0.2) is 0 Å². The van der Waals surface area contributed by atoms with Crippen molar-refractivity contribution in [2.24, 2.45) is 5.92 Å². The summed E-state index contributed by atoms with van der Waals surface area (Å²) in [6, 6.07) is 10.1. The number of rotatable bonds is 7. The smallest absolute Gasteiger partial charge is 0.288 e. The normalized spacial score (nSPS) is 25.2. The summed E-state index contributed by atoms with van der Waals surface area (Å²) in [7, 11) is 0. The maximum Gasteiger partial charge on any atom is 0.288 e. The Morgan fingerprint density at radius 2 is 1.53 bits per heavy atom. The molecule has 0 aliphatic carbocycles. The first-order chi connectivity index (χ1) is 17.7. The molecule has 1 aromatic rings. The molecule has 2 aliphatic heterocycles. The summed E-state index contributed by atoms with van der Waals surface area (Å²) in [5.74, 6) is -0.0460. The molecule has 9 heteroatoms. The summed E-state index contributed by atoms with van der Waals surface area (Å²) in [6.45, 7) is 6.93. The molecule has 0 spiro atoms. The molecule has 1 amide bonds. The van der Waals surface area contributed by atoms with Gasteiger partial charge in [0.05, 0.1) is 52.9 Å². The largest absolute Gasteiger partial charge is 0.459 e. The van der Waals surface area contributed by atoms with Crippen LogP contribution >= 0.6 is 0 Å². The van der Waals surface area contributed by atoms with E-state index in [1.807, 2.05) is 31.2 Å². The highest BCUT2D eigenvalue weighted by Crippen LogP contribution is 2.39. The molecule has 0 saturated carbocycles. The topological polar surface area (TPSA) is 95.9 Å². The van der Waals surface area contributed by atoms with Crippen molar-refractivity contribution in [3.8, 4) is 0 Å². The zero-order valence-corrected chi connectivity index (χ0v) is 21.3. The maximum atomic E-state index is 13.7. The summed E-state index contributed by atoms with van der Waals surface area (Å²) in [4.78, 5) is 15.4. The van der Waals surface area contributed by atoms with Crippen molar-refractivity contribution in [1.29, 1.82) is 0 Å². The molecule has 0 radical (unpaired) electrons. The standard InChI is InChI=1S/C27H41NO8/c1-2-35-27-23(9-6-12-29)24(22-7-4-3-5-8-22)21-25(36-27)26(30)28-10-13-31-15-17-33-19-20-34-18-16-32-14-11-28/h3-5,7-8,21,23-24,27,29H,2,6,9-20H2,1H3/t23-,24+,27+/m1/s1. The van der Waals surface area contributed by atoms with Gasteiger partial charge in [-0.05, 0) is 31.4 Å². The van der Waals surface area contributed by atoms with E-state index in [2.05, 4.69) is 12.1 Å². The molecule has 2 heterocycles. The summed E-state index contributed by atoms with van der Waals surface area (Å²) in [5, 5.41) is 9.46. The SMILES string of the molecule is CCO[C@H]1OC(C(=O)N2CCOCCOCCOCCOCC2)=C[C@@H](c2ccccc2)[C@H]1CCCO. The Balaban J connectivity index is 1.78. The third-order valence-corrected chi connectivity index (χ3v) is 6.22. The fraction of sp³-hybridized carbons (Fsp3) is 0.667. The number of ether oxygens (including phenoxy) is 6. The molecule has 36 heavy (non-hydrogen) atoms. The van der Waals surface area contributed by atoms with Crippen LogP contribution in [-0.4, -0.2) is 101 Å². The van der Waals surface area contributed by atoms with Crippen molar-refractivity contribution in [3.05, 3.63) is 47.7 Å². The summed E-state index contributed by atoms with van der Waals surface area (Å²) in [6.07, 6.45) is 2.68. The minimum Gasteiger partial charge on any atom is -0.459 e. The summed E-state index contributed by atoms with van der Waals surface area (Å²) >= 11 is 0. The highest BCUT2D eigenvalue weighted by atomic mass is 16.7. The number of aliphatic hydroxyl groups is 1. The van der Waals surface area contributed by atoms with Gasteiger partial charge in [0.25, 0.3) is 5.91 Å². The summed E-state index contributed by atoms with van der Waals surface area (Å²) < 4.78 is 34.5. The molecule has 0 unspecified atom stereocenters. The van der Waals surface area contributed by atoms with Crippen LogP contribution in [0.5, 0.6) is 0 Å². The fourth-order valence-corrected chi connectivity index (χ4v) is 4.39. The molecule has 1 saturated heterocycles. The number of hydrogen-bond acceptors (Lipinski definition) is 8. The molecular weight excluding hydrogens is 466 g/mol. The van der Waals surface area contributed by atoms with Gasteiger partial charge < -0.3 is 38.4 Å². The maximum absolute atomic E-state index is 13.7. The Bertz CT molecular complexity index is 758. The van der Waals surface area contributed by atoms with Gasteiger partial charge in [0, 0.05) is 38.1 Å². The van der Waals surface area contributed by atoms with Crippen molar-refractivity contribution in [3.63, 3.8) is 0 Å². The molecule has 3 rings (SSSR count). The summed E-state index contributed by atoms with van der Waals surface area (Å²) in [5.41, 5.74) is 1.09. The number of allylic oxidation sites excluding steroid dienone is 1. The van der Waals surface area contributed by atoms with Crippen LogP contribution in [0.2, 0.25) is 0 Å². The van der Waals surface area contributed by atoms with Gasteiger partial charge in [0.2, 0.25) is 6.29 Å². The highest BCUT2D eigenvalue weighted by molar-refractivity contribution is 5.91. The van der Waals surface area contributed by atoms with Crippen LogP contribution in [0.25, 0.3) is 0 Å². The molecule has 1 N–H and O–H groups in total. The van der Waals surface area contributed by atoms with Gasteiger partial charge >= 0.3 is 0 Å². The first-order valence-electron chi connectivity index (χ1n) is 13.0. The van der Waals surface area contributed by atoms with Gasteiger partial charge in [-0.1, -0.05) is 30.3 Å².